The summed E-state index contributed by atoms with van der Waals surface area (Å²) in [6.07, 6.45) is 3.22. The molecule has 0 amide bonds. The van der Waals surface area contributed by atoms with Crippen LogP contribution in [0.25, 0.3) is 0 Å². The molecule has 1 unspecified atom stereocenters. The van der Waals surface area contributed by atoms with Gasteiger partial charge in [0.25, 0.3) is 10.0 Å². The number of rotatable bonds is 4. The molecule has 1 aliphatic heterocycles. The fourth-order valence-electron chi connectivity index (χ4n) is 2.46. The first-order valence-electron chi connectivity index (χ1n) is 6.30. The zero-order valence-corrected chi connectivity index (χ0v) is 12.1. The van der Waals surface area contributed by atoms with Crippen LogP contribution >= 0.6 is 0 Å². The summed E-state index contributed by atoms with van der Waals surface area (Å²) in [7, 11) is 0.292. The van der Waals surface area contributed by atoms with Crippen LogP contribution < -0.4 is 5.73 Å². The second-order valence-corrected chi connectivity index (χ2v) is 6.88. The number of hydrogen-bond donors (Lipinski definition) is 1. The molecule has 0 aliphatic carbocycles. The minimum atomic E-state index is -3.59. The third-order valence-electron chi connectivity index (χ3n) is 3.25. The number of nitrogen functional groups attached to an aromatic ring is 1. The molecular weight excluding hydrogens is 264 g/mol. The summed E-state index contributed by atoms with van der Waals surface area (Å²) in [6.45, 7) is 1.25. The molecule has 1 saturated heterocycles. The number of nitrogens with two attached hydrogens (primary N) is 1. The molecule has 1 aromatic heterocycles. The lowest BCUT2D eigenvalue weighted by atomic mass is 10.2. The number of hydrogen-bond acceptors (Lipinski definition) is 5. The minimum absolute atomic E-state index is 0.00130. The first-order valence-corrected chi connectivity index (χ1v) is 7.74. The second-order valence-electron chi connectivity index (χ2n) is 5.07. The van der Waals surface area contributed by atoms with Crippen molar-refractivity contribution in [3.63, 3.8) is 0 Å². The summed E-state index contributed by atoms with van der Waals surface area (Å²) < 4.78 is 26.8. The Morgan fingerprint density at radius 1 is 1.53 bits per heavy atom. The molecule has 0 bridgehead atoms. The Labute approximate surface area is 114 Å². The van der Waals surface area contributed by atoms with Crippen LogP contribution in [0.3, 0.4) is 0 Å². The first-order chi connectivity index (χ1) is 8.93. The maximum Gasteiger partial charge on any atom is 0.262 e. The van der Waals surface area contributed by atoms with Gasteiger partial charge in [0.2, 0.25) is 0 Å². The van der Waals surface area contributed by atoms with Gasteiger partial charge in [0.1, 0.15) is 0 Å². The van der Waals surface area contributed by atoms with Crippen molar-refractivity contribution in [1.82, 2.24) is 14.2 Å². The van der Waals surface area contributed by atoms with Crippen molar-refractivity contribution in [2.24, 2.45) is 0 Å². The molecule has 2 heterocycles. The van der Waals surface area contributed by atoms with Crippen molar-refractivity contribution >= 4 is 15.7 Å². The van der Waals surface area contributed by atoms with Crippen LogP contribution in [-0.4, -0.2) is 55.8 Å². The topological polar surface area (TPSA) is 79.5 Å². The molecule has 7 heteroatoms. The first kappa shape index (κ1) is 14.2. The molecule has 2 N–H and O–H groups in total. The third-order valence-corrected chi connectivity index (χ3v) is 5.18. The van der Waals surface area contributed by atoms with Gasteiger partial charge in [-0.2, -0.15) is 4.31 Å². The summed E-state index contributed by atoms with van der Waals surface area (Å²) in [5.41, 5.74) is 5.95. The summed E-state index contributed by atoms with van der Waals surface area (Å²) in [5.74, 6) is 0. The molecular formula is C12H20N4O2S. The van der Waals surface area contributed by atoms with Crippen LogP contribution in [-0.2, 0) is 10.0 Å². The Kier molecular flexibility index (Phi) is 4.07. The highest BCUT2D eigenvalue weighted by atomic mass is 32.2. The highest BCUT2D eigenvalue weighted by Crippen LogP contribution is 2.27. The Balaban J connectivity index is 2.32. The number of pyridine rings is 1. The SMILES string of the molecule is CN(C)CC1CCCN1S(=O)(=O)c1ncccc1N. The quantitative estimate of drug-likeness (QED) is 0.864. The zero-order chi connectivity index (χ0) is 14.0. The lowest BCUT2D eigenvalue weighted by Gasteiger charge is -2.26. The number of nitrogens with zero attached hydrogens (tertiary/aromatic N) is 3. The Morgan fingerprint density at radius 3 is 2.89 bits per heavy atom. The van der Waals surface area contributed by atoms with Gasteiger partial charge in [0.15, 0.2) is 5.03 Å². The van der Waals surface area contributed by atoms with E-state index < -0.39 is 10.0 Å². The summed E-state index contributed by atoms with van der Waals surface area (Å²) in [4.78, 5) is 5.94. The number of likely N-dealkylation sites (N-methyl/N-ethyl adjacent to an activating group) is 1. The molecule has 6 nitrogen and oxygen atoms in total. The van der Waals surface area contributed by atoms with E-state index in [1.807, 2.05) is 19.0 Å². The monoisotopic (exact) mass is 284 g/mol. The van der Waals surface area contributed by atoms with Crippen molar-refractivity contribution in [1.29, 1.82) is 0 Å². The Hall–Kier alpha value is -1.18. The van der Waals surface area contributed by atoms with E-state index in [4.69, 9.17) is 5.73 Å². The molecule has 0 radical (unpaired) electrons. The molecule has 2 rings (SSSR count). The Bertz CT molecular complexity index is 544. The molecule has 0 saturated carbocycles. The van der Waals surface area contributed by atoms with Crippen molar-refractivity contribution in [2.75, 3.05) is 32.9 Å². The molecule has 0 aromatic carbocycles. The van der Waals surface area contributed by atoms with Crippen LogP contribution in [0.1, 0.15) is 12.8 Å². The minimum Gasteiger partial charge on any atom is -0.396 e. The molecule has 1 aliphatic rings. The molecule has 106 valence electrons. The van der Waals surface area contributed by atoms with E-state index in [1.54, 1.807) is 12.1 Å². The normalized spacial score (nSPS) is 21.1. The fourth-order valence-corrected chi connectivity index (χ4v) is 4.18. The van der Waals surface area contributed by atoms with Gasteiger partial charge in [-0.25, -0.2) is 13.4 Å². The standard InChI is InChI=1S/C12H20N4O2S/c1-15(2)9-10-5-4-8-16(10)19(17,18)12-11(13)6-3-7-14-12/h3,6-7,10H,4-5,8-9,13H2,1-2H3. The summed E-state index contributed by atoms with van der Waals surface area (Å²) in [6, 6.07) is 3.20. The van der Waals surface area contributed by atoms with Gasteiger partial charge in [0, 0.05) is 25.3 Å². The van der Waals surface area contributed by atoms with Crippen LogP contribution in [0.2, 0.25) is 0 Å². The molecule has 1 fully saturated rings. The average Bonchev–Trinajstić information content (AvgIpc) is 2.77. The van der Waals surface area contributed by atoms with E-state index in [0.717, 1.165) is 12.8 Å². The van der Waals surface area contributed by atoms with Gasteiger partial charge in [-0.15, -0.1) is 0 Å². The molecule has 1 atom stereocenters. The number of sulfonamides is 1. The van der Waals surface area contributed by atoms with E-state index in [2.05, 4.69) is 4.98 Å². The van der Waals surface area contributed by atoms with Crippen molar-refractivity contribution < 1.29 is 8.42 Å². The predicted octanol–water partition coefficient (Wildman–Crippen LogP) is 0.379. The van der Waals surface area contributed by atoms with Crippen molar-refractivity contribution in [2.45, 2.75) is 23.9 Å². The summed E-state index contributed by atoms with van der Waals surface area (Å²) in [5, 5.41) is -0.0272. The molecule has 1 aromatic rings. The predicted molar refractivity (Wildman–Crippen MR) is 74.1 cm³/mol. The van der Waals surface area contributed by atoms with Gasteiger partial charge in [0.05, 0.1) is 5.69 Å². The van der Waals surface area contributed by atoms with E-state index in [9.17, 15) is 8.42 Å². The van der Waals surface area contributed by atoms with Gasteiger partial charge in [-0.1, -0.05) is 0 Å². The number of aromatic nitrogens is 1. The van der Waals surface area contributed by atoms with Crippen molar-refractivity contribution in [3.8, 4) is 0 Å². The molecule has 0 spiro atoms. The maximum absolute atomic E-state index is 12.6. The smallest absolute Gasteiger partial charge is 0.262 e. The molecule has 19 heavy (non-hydrogen) atoms. The van der Waals surface area contributed by atoms with Gasteiger partial charge in [-0.3, -0.25) is 0 Å². The van der Waals surface area contributed by atoms with Crippen LogP contribution in [0, 0.1) is 0 Å². The summed E-state index contributed by atoms with van der Waals surface area (Å²) >= 11 is 0. The zero-order valence-electron chi connectivity index (χ0n) is 11.3. The van der Waals surface area contributed by atoms with E-state index in [0.29, 0.717) is 13.1 Å². The van der Waals surface area contributed by atoms with Gasteiger partial charge >= 0.3 is 0 Å². The largest absolute Gasteiger partial charge is 0.396 e. The highest BCUT2D eigenvalue weighted by Gasteiger charge is 2.37. The van der Waals surface area contributed by atoms with E-state index in [1.165, 1.54) is 10.5 Å². The van der Waals surface area contributed by atoms with Gasteiger partial charge in [-0.05, 0) is 39.1 Å². The van der Waals surface area contributed by atoms with Crippen molar-refractivity contribution in [3.05, 3.63) is 18.3 Å². The van der Waals surface area contributed by atoms with Gasteiger partial charge < -0.3 is 10.6 Å². The van der Waals surface area contributed by atoms with Crippen LogP contribution in [0.5, 0.6) is 0 Å². The highest BCUT2D eigenvalue weighted by molar-refractivity contribution is 7.89. The third kappa shape index (κ3) is 2.88. The lowest BCUT2D eigenvalue weighted by Crippen LogP contribution is -2.41. The van der Waals surface area contributed by atoms with Crippen LogP contribution in [0.4, 0.5) is 5.69 Å². The number of anilines is 1. The maximum atomic E-state index is 12.6. The average molecular weight is 284 g/mol. The fraction of sp³-hybridized carbons (Fsp3) is 0.583. The Morgan fingerprint density at radius 2 is 2.26 bits per heavy atom. The second kappa shape index (κ2) is 5.44. The lowest BCUT2D eigenvalue weighted by molar-refractivity contribution is 0.291. The van der Waals surface area contributed by atoms with E-state index in [-0.39, 0.29) is 16.8 Å². The van der Waals surface area contributed by atoms with Crippen LogP contribution in [0.15, 0.2) is 23.4 Å². The van der Waals surface area contributed by atoms with E-state index >= 15 is 0 Å².